The largest absolute Gasteiger partial charge is 0.416 e. The minimum atomic E-state index is -4.84. The standard InChI is InChI=1S/C21H23F6N/c1-3-5-9-19(4-2)13-28-10-7-6-8-17(28)15-11-14(20(22,23)24)12-16(18(15)19)21(25,26)27/h6-8,10-12,18H,3-5,9,13H2,1-2H3. The van der Waals surface area contributed by atoms with Crippen molar-refractivity contribution >= 4 is 0 Å². The average Bonchev–Trinajstić information content (AvgIpc) is 2.63. The maximum Gasteiger partial charge on any atom is 0.416 e. The fraction of sp³-hybridized carbons (Fsp3) is 0.524. The van der Waals surface area contributed by atoms with E-state index in [0.29, 0.717) is 31.2 Å². The number of hydrogen-bond acceptors (Lipinski definition) is 1. The number of unbranched alkanes of at least 4 members (excludes halogenated alkanes) is 1. The average molecular weight is 403 g/mol. The number of allylic oxidation sites excluding steroid dienone is 8. The molecule has 0 spiro atoms. The van der Waals surface area contributed by atoms with Gasteiger partial charge in [-0.25, -0.2) is 0 Å². The molecule has 0 fully saturated rings. The molecule has 0 aromatic rings. The van der Waals surface area contributed by atoms with E-state index in [2.05, 4.69) is 0 Å². The van der Waals surface area contributed by atoms with Gasteiger partial charge in [-0.2, -0.15) is 26.3 Å². The van der Waals surface area contributed by atoms with Gasteiger partial charge in [0.05, 0.1) is 5.57 Å². The molecular formula is C21H23F6N. The zero-order chi connectivity index (χ0) is 20.7. The summed E-state index contributed by atoms with van der Waals surface area (Å²) in [5.41, 5.74) is -2.56. The van der Waals surface area contributed by atoms with Crippen LogP contribution in [0.25, 0.3) is 0 Å². The van der Waals surface area contributed by atoms with Gasteiger partial charge >= 0.3 is 12.4 Å². The fourth-order valence-corrected chi connectivity index (χ4v) is 4.55. The van der Waals surface area contributed by atoms with Crippen LogP contribution in [0.4, 0.5) is 26.3 Å². The zero-order valence-corrected chi connectivity index (χ0v) is 15.8. The van der Waals surface area contributed by atoms with E-state index in [4.69, 9.17) is 0 Å². The van der Waals surface area contributed by atoms with Crippen molar-refractivity contribution in [3.05, 3.63) is 59.0 Å². The lowest BCUT2D eigenvalue weighted by Crippen LogP contribution is -2.49. The van der Waals surface area contributed by atoms with Gasteiger partial charge < -0.3 is 4.90 Å². The van der Waals surface area contributed by atoms with Crippen molar-refractivity contribution in [2.24, 2.45) is 11.3 Å². The first-order valence-corrected chi connectivity index (χ1v) is 9.47. The first-order chi connectivity index (χ1) is 13.0. The second kappa shape index (κ2) is 7.16. The van der Waals surface area contributed by atoms with E-state index in [1.54, 1.807) is 29.3 Å². The van der Waals surface area contributed by atoms with Crippen molar-refractivity contribution in [3.8, 4) is 0 Å². The molecule has 0 aromatic carbocycles. The van der Waals surface area contributed by atoms with Gasteiger partial charge in [0.15, 0.2) is 0 Å². The summed E-state index contributed by atoms with van der Waals surface area (Å²) in [4.78, 5) is 1.80. The van der Waals surface area contributed by atoms with Crippen molar-refractivity contribution in [2.45, 2.75) is 51.9 Å². The lowest BCUT2D eigenvalue weighted by atomic mass is 9.59. The van der Waals surface area contributed by atoms with Gasteiger partial charge in [0, 0.05) is 29.9 Å². The van der Waals surface area contributed by atoms with Gasteiger partial charge in [0.2, 0.25) is 0 Å². The number of alkyl halides is 6. The van der Waals surface area contributed by atoms with Gasteiger partial charge in [0.1, 0.15) is 0 Å². The topological polar surface area (TPSA) is 3.24 Å². The SMILES string of the molecule is CCCCC1(CC)CN2C=CC=CC2=C2C=C(C(F)(F)F)C=C(C(F)(F)F)C21. The molecule has 0 saturated heterocycles. The number of hydrogen-bond donors (Lipinski definition) is 0. The molecule has 2 aliphatic heterocycles. The monoisotopic (exact) mass is 403 g/mol. The molecule has 0 amide bonds. The van der Waals surface area contributed by atoms with E-state index in [-0.39, 0.29) is 5.57 Å². The Morgan fingerprint density at radius 3 is 2.32 bits per heavy atom. The molecule has 2 heterocycles. The Morgan fingerprint density at radius 1 is 1.04 bits per heavy atom. The highest BCUT2D eigenvalue weighted by Crippen LogP contribution is 2.56. The van der Waals surface area contributed by atoms with Gasteiger partial charge in [-0.15, -0.1) is 0 Å². The van der Waals surface area contributed by atoms with Crippen LogP contribution in [0.1, 0.15) is 39.5 Å². The second-order valence-corrected chi connectivity index (χ2v) is 7.62. The van der Waals surface area contributed by atoms with E-state index in [1.165, 1.54) is 0 Å². The Labute approximate surface area is 160 Å². The third-order valence-corrected chi connectivity index (χ3v) is 5.97. The molecule has 0 radical (unpaired) electrons. The number of rotatable bonds is 4. The normalized spacial score (nSPS) is 27.4. The summed E-state index contributed by atoms with van der Waals surface area (Å²) in [6, 6.07) is 0. The Bertz CT molecular complexity index is 778. The van der Waals surface area contributed by atoms with Crippen molar-refractivity contribution < 1.29 is 26.3 Å². The number of nitrogens with zero attached hydrogens (tertiary/aromatic N) is 1. The predicted octanol–water partition coefficient (Wildman–Crippen LogP) is 6.83. The summed E-state index contributed by atoms with van der Waals surface area (Å²) in [7, 11) is 0. The lowest BCUT2D eigenvalue weighted by molar-refractivity contribution is -0.109. The summed E-state index contributed by atoms with van der Waals surface area (Å²) in [5.74, 6) is -1.10. The molecule has 1 aliphatic carbocycles. The Kier molecular flexibility index (Phi) is 5.32. The molecule has 0 aromatic heterocycles. The van der Waals surface area contributed by atoms with E-state index < -0.39 is 34.8 Å². The van der Waals surface area contributed by atoms with Crippen LogP contribution in [-0.4, -0.2) is 23.8 Å². The Balaban J connectivity index is 2.28. The van der Waals surface area contributed by atoms with Crippen LogP contribution in [0.5, 0.6) is 0 Å². The van der Waals surface area contributed by atoms with Crippen LogP contribution >= 0.6 is 0 Å². The van der Waals surface area contributed by atoms with Crippen LogP contribution in [0.2, 0.25) is 0 Å². The van der Waals surface area contributed by atoms with Crippen molar-refractivity contribution in [1.82, 2.24) is 4.90 Å². The maximum absolute atomic E-state index is 14.0. The molecule has 0 N–H and O–H groups in total. The molecular weight excluding hydrogens is 380 g/mol. The van der Waals surface area contributed by atoms with E-state index in [0.717, 1.165) is 18.9 Å². The molecule has 154 valence electrons. The van der Waals surface area contributed by atoms with Gasteiger partial charge in [-0.05, 0) is 48.1 Å². The van der Waals surface area contributed by atoms with Crippen molar-refractivity contribution in [1.29, 1.82) is 0 Å². The van der Waals surface area contributed by atoms with E-state index in [9.17, 15) is 26.3 Å². The minimum Gasteiger partial charge on any atom is -0.347 e. The molecule has 0 saturated carbocycles. The summed E-state index contributed by atoms with van der Waals surface area (Å²) in [6.07, 6.45) is 0.816. The third-order valence-electron chi connectivity index (χ3n) is 5.97. The molecule has 2 unspecified atom stereocenters. The molecule has 7 heteroatoms. The molecule has 2 atom stereocenters. The van der Waals surface area contributed by atoms with Crippen molar-refractivity contribution in [3.63, 3.8) is 0 Å². The quantitative estimate of drug-likeness (QED) is 0.465. The predicted molar refractivity (Wildman–Crippen MR) is 96.0 cm³/mol. The summed E-state index contributed by atoms with van der Waals surface area (Å²) in [5, 5.41) is 0. The smallest absolute Gasteiger partial charge is 0.347 e. The molecule has 0 bridgehead atoms. The van der Waals surface area contributed by atoms with Crippen LogP contribution in [0.15, 0.2) is 59.0 Å². The van der Waals surface area contributed by atoms with E-state index in [1.807, 2.05) is 13.8 Å². The van der Waals surface area contributed by atoms with Gasteiger partial charge in [0.25, 0.3) is 0 Å². The van der Waals surface area contributed by atoms with Crippen LogP contribution < -0.4 is 0 Å². The first-order valence-electron chi connectivity index (χ1n) is 9.47. The van der Waals surface area contributed by atoms with Gasteiger partial charge in [-0.3, -0.25) is 0 Å². The fourth-order valence-electron chi connectivity index (χ4n) is 4.55. The molecule has 3 aliphatic rings. The first kappa shape index (κ1) is 20.8. The number of fused-ring (bicyclic) bond motifs is 2. The summed E-state index contributed by atoms with van der Waals surface area (Å²) >= 11 is 0. The summed E-state index contributed by atoms with van der Waals surface area (Å²) < 4.78 is 82.1. The third kappa shape index (κ3) is 3.55. The van der Waals surface area contributed by atoms with Crippen LogP contribution in [-0.2, 0) is 0 Å². The van der Waals surface area contributed by atoms with E-state index >= 15 is 0 Å². The highest BCUT2D eigenvalue weighted by molar-refractivity contribution is 5.54. The molecule has 1 nitrogen and oxygen atoms in total. The zero-order valence-electron chi connectivity index (χ0n) is 15.8. The Morgan fingerprint density at radius 2 is 1.75 bits per heavy atom. The molecule has 3 rings (SSSR count). The lowest BCUT2D eigenvalue weighted by Gasteiger charge is -2.51. The van der Waals surface area contributed by atoms with Crippen molar-refractivity contribution in [2.75, 3.05) is 6.54 Å². The highest BCUT2D eigenvalue weighted by atomic mass is 19.4. The van der Waals surface area contributed by atoms with Crippen LogP contribution in [0.3, 0.4) is 0 Å². The number of halogens is 6. The Hall–Kier alpha value is -1.92. The second-order valence-electron chi connectivity index (χ2n) is 7.62. The van der Waals surface area contributed by atoms with Gasteiger partial charge in [-0.1, -0.05) is 32.8 Å². The summed E-state index contributed by atoms with van der Waals surface area (Å²) in [6.45, 7) is 4.15. The maximum atomic E-state index is 14.0. The minimum absolute atomic E-state index is 0.118. The molecule has 28 heavy (non-hydrogen) atoms. The van der Waals surface area contributed by atoms with Crippen LogP contribution in [0, 0.1) is 11.3 Å². The highest BCUT2D eigenvalue weighted by Gasteiger charge is 2.54.